The van der Waals surface area contributed by atoms with Gasteiger partial charge in [-0.3, -0.25) is 0 Å². The minimum Gasteiger partial charge on any atom is -0.488 e. The van der Waals surface area contributed by atoms with Gasteiger partial charge in [0.25, 0.3) is 0 Å². The lowest BCUT2D eigenvalue weighted by molar-refractivity contribution is -0.652. The van der Waals surface area contributed by atoms with E-state index in [4.69, 9.17) is 9.47 Å². The number of hydrogen-bond acceptors (Lipinski definition) is 2. The van der Waals surface area contributed by atoms with Crippen molar-refractivity contribution in [2.75, 3.05) is 19.7 Å². The van der Waals surface area contributed by atoms with Crippen molar-refractivity contribution in [1.29, 1.82) is 0 Å². The van der Waals surface area contributed by atoms with Crippen LogP contribution in [-0.2, 0) is 0 Å². The maximum atomic E-state index is 5.76. The number of quaternary nitrogens is 1. The molecule has 2 aromatic rings. The molecule has 3 heteroatoms. The van der Waals surface area contributed by atoms with Gasteiger partial charge in [0, 0.05) is 6.07 Å². The number of benzene rings is 2. The van der Waals surface area contributed by atoms with E-state index in [1.807, 2.05) is 54.6 Å². The van der Waals surface area contributed by atoms with Gasteiger partial charge < -0.3 is 14.8 Å². The molecule has 0 atom stereocenters. The summed E-state index contributed by atoms with van der Waals surface area (Å²) in [7, 11) is 0. The molecule has 0 fully saturated rings. The summed E-state index contributed by atoms with van der Waals surface area (Å²) in [6.45, 7) is 4.90. The lowest BCUT2D eigenvalue weighted by atomic mass is 10.3. The Labute approximate surface area is 114 Å². The Kier molecular flexibility index (Phi) is 5.26. The molecule has 0 radical (unpaired) electrons. The molecule has 2 rings (SSSR count). The van der Waals surface area contributed by atoms with E-state index in [2.05, 4.69) is 12.2 Å². The highest BCUT2D eigenvalue weighted by molar-refractivity contribution is 5.36. The Hall–Kier alpha value is -2.00. The van der Waals surface area contributed by atoms with Crippen LogP contribution in [0.1, 0.15) is 6.92 Å². The Balaban J connectivity index is 1.91. The minimum atomic E-state index is 0.711. The molecule has 0 unspecified atom stereocenters. The molecular formula is C16H20NO2+. The highest BCUT2D eigenvalue weighted by Crippen LogP contribution is 2.24. The van der Waals surface area contributed by atoms with E-state index in [9.17, 15) is 0 Å². The van der Waals surface area contributed by atoms with Gasteiger partial charge in [-0.1, -0.05) is 24.3 Å². The minimum absolute atomic E-state index is 0.711. The largest absolute Gasteiger partial charge is 0.488 e. The van der Waals surface area contributed by atoms with Crippen molar-refractivity contribution in [3.8, 4) is 17.2 Å². The van der Waals surface area contributed by atoms with Crippen LogP contribution in [0.4, 0.5) is 0 Å². The van der Waals surface area contributed by atoms with E-state index in [0.29, 0.717) is 6.61 Å². The molecule has 0 aliphatic carbocycles. The summed E-state index contributed by atoms with van der Waals surface area (Å²) < 4.78 is 11.4. The van der Waals surface area contributed by atoms with E-state index < -0.39 is 0 Å². The predicted molar refractivity (Wildman–Crippen MR) is 75.8 cm³/mol. The summed E-state index contributed by atoms with van der Waals surface area (Å²) >= 11 is 0. The summed E-state index contributed by atoms with van der Waals surface area (Å²) in [5.41, 5.74) is 0. The first-order valence-electron chi connectivity index (χ1n) is 6.66. The molecule has 19 heavy (non-hydrogen) atoms. The van der Waals surface area contributed by atoms with Gasteiger partial charge in [-0.25, -0.2) is 0 Å². The summed E-state index contributed by atoms with van der Waals surface area (Å²) in [5, 5.41) is 2.21. The van der Waals surface area contributed by atoms with Crippen LogP contribution >= 0.6 is 0 Å². The highest BCUT2D eigenvalue weighted by atomic mass is 16.5. The van der Waals surface area contributed by atoms with Gasteiger partial charge in [-0.15, -0.1) is 0 Å². The van der Waals surface area contributed by atoms with Crippen molar-refractivity contribution in [2.24, 2.45) is 0 Å². The first-order chi connectivity index (χ1) is 9.38. The first-order valence-corrected chi connectivity index (χ1v) is 6.66. The van der Waals surface area contributed by atoms with Crippen LogP contribution in [0.15, 0.2) is 54.6 Å². The van der Waals surface area contributed by atoms with Crippen molar-refractivity contribution >= 4 is 0 Å². The fourth-order valence-corrected chi connectivity index (χ4v) is 1.72. The molecule has 2 aromatic carbocycles. The van der Waals surface area contributed by atoms with Gasteiger partial charge in [-0.2, -0.15) is 0 Å². The predicted octanol–water partition coefficient (Wildman–Crippen LogP) is 2.44. The van der Waals surface area contributed by atoms with Crippen molar-refractivity contribution in [3.05, 3.63) is 54.6 Å². The molecule has 0 saturated heterocycles. The maximum Gasteiger partial charge on any atom is 0.137 e. The van der Waals surface area contributed by atoms with E-state index in [1.165, 1.54) is 0 Å². The average Bonchev–Trinajstić information content (AvgIpc) is 2.45. The van der Waals surface area contributed by atoms with Crippen LogP contribution in [0.3, 0.4) is 0 Å². The molecule has 0 aliphatic heterocycles. The lowest BCUT2D eigenvalue weighted by Gasteiger charge is -2.08. The normalized spacial score (nSPS) is 10.2. The van der Waals surface area contributed by atoms with Gasteiger partial charge in [0.15, 0.2) is 0 Å². The van der Waals surface area contributed by atoms with Crippen LogP contribution in [0.25, 0.3) is 0 Å². The molecule has 0 spiro atoms. The average molecular weight is 258 g/mol. The topological polar surface area (TPSA) is 35.1 Å². The molecule has 0 saturated carbocycles. The smallest absolute Gasteiger partial charge is 0.137 e. The number of rotatable bonds is 7. The number of hydrogen-bond donors (Lipinski definition) is 1. The second-order valence-corrected chi connectivity index (χ2v) is 4.22. The van der Waals surface area contributed by atoms with Gasteiger partial charge in [0.05, 0.1) is 6.54 Å². The van der Waals surface area contributed by atoms with Crippen LogP contribution in [0, 0.1) is 0 Å². The summed E-state index contributed by atoms with van der Waals surface area (Å²) in [6.07, 6.45) is 0. The Morgan fingerprint density at radius 3 is 2.42 bits per heavy atom. The summed E-state index contributed by atoms with van der Waals surface area (Å²) in [5.74, 6) is 2.47. The molecule has 0 amide bonds. The van der Waals surface area contributed by atoms with Crippen molar-refractivity contribution in [3.63, 3.8) is 0 Å². The van der Waals surface area contributed by atoms with Crippen molar-refractivity contribution in [1.82, 2.24) is 0 Å². The third-order valence-corrected chi connectivity index (χ3v) is 2.66. The Morgan fingerprint density at radius 1 is 0.895 bits per heavy atom. The van der Waals surface area contributed by atoms with Gasteiger partial charge >= 0.3 is 0 Å². The zero-order valence-electron chi connectivity index (χ0n) is 11.2. The molecule has 100 valence electrons. The van der Waals surface area contributed by atoms with Crippen LogP contribution in [0.2, 0.25) is 0 Å². The van der Waals surface area contributed by atoms with Gasteiger partial charge in [0.2, 0.25) is 0 Å². The quantitative estimate of drug-likeness (QED) is 0.774. The molecular weight excluding hydrogens is 238 g/mol. The van der Waals surface area contributed by atoms with E-state index in [0.717, 1.165) is 30.3 Å². The first kappa shape index (κ1) is 13.4. The number of ether oxygens (including phenoxy) is 2. The standard InChI is InChI=1S/C16H19NO2/c1-2-17-11-12-18-15-9-6-10-16(13-15)19-14-7-4-3-5-8-14/h3-10,13,17H,2,11-12H2,1H3/p+1. The second kappa shape index (κ2) is 7.44. The van der Waals surface area contributed by atoms with Crippen molar-refractivity contribution < 1.29 is 14.8 Å². The number of para-hydroxylation sites is 1. The van der Waals surface area contributed by atoms with Crippen LogP contribution in [-0.4, -0.2) is 19.7 Å². The van der Waals surface area contributed by atoms with Gasteiger partial charge in [-0.05, 0) is 31.2 Å². The van der Waals surface area contributed by atoms with Gasteiger partial charge in [0.1, 0.15) is 30.4 Å². The van der Waals surface area contributed by atoms with Crippen LogP contribution < -0.4 is 14.8 Å². The zero-order valence-corrected chi connectivity index (χ0v) is 11.2. The molecule has 3 nitrogen and oxygen atoms in total. The molecule has 0 aliphatic rings. The number of likely N-dealkylation sites (N-methyl/N-ethyl adjacent to an activating group) is 1. The third-order valence-electron chi connectivity index (χ3n) is 2.66. The maximum absolute atomic E-state index is 5.76. The summed E-state index contributed by atoms with van der Waals surface area (Å²) in [6, 6.07) is 17.5. The van der Waals surface area contributed by atoms with E-state index in [1.54, 1.807) is 0 Å². The summed E-state index contributed by atoms with van der Waals surface area (Å²) in [4.78, 5) is 0. The molecule has 0 heterocycles. The third kappa shape index (κ3) is 4.64. The van der Waals surface area contributed by atoms with Crippen molar-refractivity contribution in [2.45, 2.75) is 6.92 Å². The number of nitrogens with two attached hydrogens (primary N) is 1. The Morgan fingerprint density at radius 2 is 1.63 bits per heavy atom. The monoisotopic (exact) mass is 258 g/mol. The molecule has 2 N–H and O–H groups in total. The zero-order chi connectivity index (χ0) is 13.3. The second-order valence-electron chi connectivity index (χ2n) is 4.22. The fourth-order valence-electron chi connectivity index (χ4n) is 1.72. The highest BCUT2D eigenvalue weighted by Gasteiger charge is 2.00. The van der Waals surface area contributed by atoms with E-state index >= 15 is 0 Å². The van der Waals surface area contributed by atoms with Crippen LogP contribution in [0.5, 0.6) is 17.2 Å². The fraction of sp³-hybridized carbons (Fsp3) is 0.250. The SMILES string of the molecule is CC[NH2+]CCOc1cccc(Oc2ccccc2)c1. The lowest BCUT2D eigenvalue weighted by Crippen LogP contribution is -2.84. The molecule has 0 bridgehead atoms. The Bertz CT molecular complexity index is 485. The van der Waals surface area contributed by atoms with E-state index in [-0.39, 0.29) is 0 Å². The molecule has 0 aromatic heterocycles.